The van der Waals surface area contributed by atoms with Gasteiger partial charge in [0.2, 0.25) is 0 Å². The molecule has 6 rings (SSSR count). The van der Waals surface area contributed by atoms with Crippen LogP contribution in [0.2, 0.25) is 0 Å². The fourth-order valence-corrected chi connectivity index (χ4v) is 4.74. The minimum atomic E-state index is 0.723. The van der Waals surface area contributed by atoms with Crippen LogP contribution in [0.4, 0.5) is 11.6 Å². The Kier molecular flexibility index (Phi) is 4.53. The molecule has 0 bridgehead atoms. The molecule has 30 heavy (non-hydrogen) atoms. The average Bonchev–Trinajstić information content (AvgIpc) is 3.43. The lowest BCUT2D eigenvalue weighted by Gasteiger charge is -2.43. The number of anilines is 2. The maximum Gasteiger partial charge on any atom is 0.154 e. The van der Waals surface area contributed by atoms with E-state index in [1.165, 1.54) is 12.8 Å². The Balaban J connectivity index is 1.26. The molecule has 1 N–H and O–H groups in total. The summed E-state index contributed by atoms with van der Waals surface area (Å²) in [4.78, 5) is 16.9. The van der Waals surface area contributed by atoms with Crippen LogP contribution in [0.15, 0.2) is 36.5 Å². The van der Waals surface area contributed by atoms with Crippen molar-refractivity contribution in [2.24, 2.45) is 0 Å². The van der Waals surface area contributed by atoms with Crippen molar-refractivity contribution >= 4 is 17.3 Å². The third-order valence-corrected chi connectivity index (χ3v) is 6.69. The highest BCUT2D eigenvalue weighted by Crippen LogP contribution is 2.25. The molecule has 0 saturated carbocycles. The first-order valence-electron chi connectivity index (χ1n) is 11.1. The van der Waals surface area contributed by atoms with E-state index in [4.69, 9.17) is 10.1 Å². The molecule has 3 aromatic rings. The van der Waals surface area contributed by atoms with Crippen LogP contribution >= 0.6 is 0 Å². The van der Waals surface area contributed by atoms with Crippen molar-refractivity contribution in [3.8, 4) is 11.4 Å². The number of rotatable bonds is 4. The summed E-state index contributed by atoms with van der Waals surface area (Å²) in [7, 11) is 0. The van der Waals surface area contributed by atoms with Gasteiger partial charge in [0.25, 0.3) is 0 Å². The molecule has 0 unspecified atom stereocenters. The topological polar surface area (TPSA) is 64.8 Å². The summed E-state index contributed by atoms with van der Waals surface area (Å²) >= 11 is 0. The van der Waals surface area contributed by atoms with E-state index in [9.17, 15) is 0 Å². The molecule has 3 aliphatic heterocycles. The molecular formula is C22H28N8. The van der Waals surface area contributed by atoms with Crippen molar-refractivity contribution < 1.29 is 0 Å². The molecule has 0 amide bonds. The Morgan fingerprint density at radius 3 is 2.40 bits per heavy atom. The third-order valence-electron chi connectivity index (χ3n) is 6.69. The highest BCUT2D eigenvalue weighted by molar-refractivity contribution is 5.62. The van der Waals surface area contributed by atoms with Gasteiger partial charge in [-0.25, -0.2) is 14.5 Å². The van der Waals surface area contributed by atoms with Crippen LogP contribution in [0.25, 0.3) is 17.0 Å². The fourth-order valence-electron chi connectivity index (χ4n) is 4.74. The van der Waals surface area contributed by atoms with Gasteiger partial charge in [0.05, 0.1) is 11.9 Å². The largest absolute Gasteiger partial charge is 0.355 e. The summed E-state index contributed by atoms with van der Waals surface area (Å²) < 4.78 is 1.95. The first-order valence-corrected chi connectivity index (χ1v) is 11.1. The molecule has 156 valence electrons. The zero-order valence-electron chi connectivity index (χ0n) is 17.2. The molecule has 8 heteroatoms. The van der Waals surface area contributed by atoms with Crippen molar-refractivity contribution in [3.63, 3.8) is 0 Å². The van der Waals surface area contributed by atoms with E-state index in [0.717, 1.165) is 87.1 Å². The highest BCUT2D eigenvalue weighted by atomic mass is 15.3. The van der Waals surface area contributed by atoms with E-state index in [2.05, 4.69) is 55.3 Å². The van der Waals surface area contributed by atoms with E-state index in [0.29, 0.717) is 0 Å². The normalized spacial score (nSPS) is 20.8. The summed E-state index contributed by atoms with van der Waals surface area (Å²) in [5, 5.41) is 8.27. The van der Waals surface area contributed by atoms with Crippen LogP contribution in [-0.4, -0.2) is 82.9 Å². The summed E-state index contributed by atoms with van der Waals surface area (Å²) in [5.41, 5.74) is 2.74. The minimum Gasteiger partial charge on any atom is -0.355 e. The molecule has 0 radical (unpaired) electrons. The van der Waals surface area contributed by atoms with Gasteiger partial charge in [-0.3, -0.25) is 4.90 Å². The lowest BCUT2D eigenvalue weighted by Crippen LogP contribution is -2.61. The van der Waals surface area contributed by atoms with Gasteiger partial charge in [-0.1, -0.05) is 6.07 Å². The number of aromatic nitrogens is 4. The number of pyridine rings is 1. The van der Waals surface area contributed by atoms with Gasteiger partial charge in [-0.05, 0) is 37.1 Å². The van der Waals surface area contributed by atoms with E-state index in [1.54, 1.807) is 0 Å². The van der Waals surface area contributed by atoms with Gasteiger partial charge in [0.15, 0.2) is 5.65 Å². The zero-order chi connectivity index (χ0) is 19.9. The molecule has 0 spiro atoms. The molecule has 3 aliphatic rings. The minimum absolute atomic E-state index is 0.723. The number of hydrogen-bond acceptors (Lipinski definition) is 7. The van der Waals surface area contributed by atoms with Crippen LogP contribution in [0.3, 0.4) is 0 Å². The molecular weight excluding hydrogens is 376 g/mol. The van der Waals surface area contributed by atoms with Crippen molar-refractivity contribution in [2.45, 2.75) is 18.9 Å². The van der Waals surface area contributed by atoms with Gasteiger partial charge in [-0.2, -0.15) is 0 Å². The molecule has 3 fully saturated rings. The van der Waals surface area contributed by atoms with E-state index >= 15 is 0 Å². The molecule has 0 aliphatic carbocycles. The third kappa shape index (κ3) is 3.20. The number of piperazine rings is 1. The molecule has 3 saturated heterocycles. The molecule has 6 heterocycles. The maximum atomic E-state index is 5.00. The fraction of sp³-hybridized carbons (Fsp3) is 0.500. The summed E-state index contributed by atoms with van der Waals surface area (Å²) in [6, 6.07) is 11.1. The molecule has 0 aromatic carbocycles. The molecule has 3 aromatic heterocycles. The molecule has 8 nitrogen and oxygen atoms in total. The second-order valence-electron chi connectivity index (χ2n) is 8.52. The summed E-state index contributed by atoms with van der Waals surface area (Å²) in [6.45, 7) is 8.69. The van der Waals surface area contributed by atoms with Crippen LogP contribution in [0.1, 0.15) is 12.8 Å². The number of fused-ring (bicyclic) bond motifs is 1. The van der Waals surface area contributed by atoms with Gasteiger partial charge in [0, 0.05) is 58.4 Å². The Bertz CT molecular complexity index is 1030. The SMILES string of the molecule is c1cc(-c2cnc3ccc(N4CCCC4)nn23)nc(N2CCN(C3CNC3)CC2)c1. The molecule has 0 atom stereocenters. The first kappa shape index (κ1) is 18.1. The summed E-state index contributed by atoms with van der Waals surface area (Å²) in [5.74, 6) is 2.07. The predicted molar refractivity (Wildman–Crippen MR) is 118 cm³/mol. The smallest absolute Gasteiger partial charge is 0.154 e. The summed E-state index contributed by atoms with van der Waals surface area (Å²) in [6.07, 6.45) is 4.37. The Morgan fingerprint density at radius 2 is 1.63 bits per heavy atom. The van der Waals surface area contributed by atoms with Crippen LogP contribution in [0, 0.1) is 0 Å². The van der Waals surface area contributed by atoms with Crippen molar-refractivity contribution in [3.05, 3.63) is 36.5 Å². The van der Waals surface area contributed by atoms with Gasteiger partial charge < -0.3 is 15.1 Å². The van der Waals surface area contributed by atoms with E-state index in [1.807, 2.05) is 10.7 Å². The van der Waals surface area contributed by atoms with E-state index < -0.39 is 0 Å². The standard InChI is InChI=1S/C22H28N8/c1-2-9-28(8-1)22-7-6-20-24-16-19(30(20)26-22)18-4-3-5-21(25-18)29-12-10-27(11-13-29)17-14-23-15-17/h3-7,16-17,23H,1-2,8-15H2. The van der Waals surface area contributed by atoms with Crippen molar-refractivity contribution in [1.29, 1.82) is 0 Å². The van der Waals surface area contributed by atoms with Gasteiger partial charge >= 0.3 is 0 Å². The highest BCUT2D eigenvalue weighted by Gasteiger charge is 2.28. The Hall–Kier alpha value is -2.71. The number of nitrogens with zero attached hydrogens (tertiary/aromatic N) is 7. The van der Waals surface area contributed by atoms with Gasteiger partial charge in [-0.15, -0.1) is 5.10 Å². The predicted octanol–water partition coefficient (Wildman–Crippen LogP) is 1.49. The number of nitrogens with one attached hydrogen (secondary N) is 1. The van der Waals surface area contributed by atoms with Crippen LogP contribution < -0.4 is 15.1 Å². The number of imidazole rings is 1. The van der Waals surface area contributed by atoms with Crippen molar-refractivity contribution in [1.82, 2.24) is 29.8 Å². The quantitative estimate of drug-likeness (QED) is 0.707. The average molecular weight is 405 g/mol. The lowest BCUT2D eigenvalue weighted by atomic mass is 10.1. The zero-order valence-corrected chi connectivity index (χ0v) is 17.2. The van der Waals surface area contributed by atoms with Crippen molar-refractivity contribution in [2.75, 3.05) is 62.2 Å². The number of hydrogen-bond donors (Lipinski definition) is 1. The Labute approximate surface area is 176 Å². The van der Waals surface area contributed by atoms with E-state index in [-0.39, 0.29) is 0 Å². The van der Waals surface area contributed by atoms with Crippen LogP contribution in [-0.2, 0) is 0 Å². The first-order chi connectivity index (χ1) is 14.8. The lowest BCUT2D eigenvalue weighted by molar-refractivity contribution is 0.137. The van der Waals surface area contributed by atoms with Crippen LogP contribution in [0.5, 0.6) is 0 Å². The maximum absolute atomic E-state index is 5.00. The Morgan fingerprint density at radius 1 is 0.833 bits per heavy atom. The van der Waals surface area contributed by atoms with Gasteiger partial charge in [0.1, 0.15) is 17.3 Å². The second-order valence-corrected chi connectivity index (χ2v) is 8.52. The second kappa shape index (κ2) is 7.52. The monoisotopic (exact) mass is 404 g/mol.